The summed E-state index contributed by atoms with van der Waals surface area (Å²) in [6, 6.07) is 4.88. The maximum absolute atomic E-state index is 10.8. The summed E-state index contributed by atoms with van der Waals surface area (Å²) in [5.41, 5.74) is 0.642. The van der Waals surface area contributed by atoms with Crippen molar-refractivity contribution in [2.75, 3.05) is 0 Å². The highest BCUT2D eigenvalue weighted by Crippen LogP contribution is 2.17. The highest BCUT2D eigenvalue weighted by molar-refractivity contribution is 5.79. The third kappa shape index (κ3) is 0.934. The van der Waals surface area contributed by atoms with Gasteiger partial charge < -0.3 is 10.1 Å². The fourth-order valence-corrected chi connectivity index (χ4v) is 1.05. The molecule has 12 heavy (non-hydrogen) atoms. The van der Waals surface area contributed by atoms with Crippen LogP contribution in [0, 0.1) is 0 Å². The topological polar surface area (TPSA) is 66.0 Å². The van der Waals surface area contributed by atoms with Gasteiger partial charge in [0.05, 0.1) is 11.7 Å². The van der Waals surface area contributed by atoms with Gasteiger partial charge in [0.25, 0.3) is 5.56 Å². The van der Waals surface area contributed by atoms with Gasteiger partial charge in [-0.15, -0.1) is 0 Å². The van der Waals surface area contributed by atoms with Crippen LogP contribution in [0.1, 0.15) is 0 Å². The zero-order valence-electron chi connectivity index (χ0n) is 6.11. The summed E-state index contributed by atoms with van der Waals surface area (Å²) in [6.07, 6.45) is 1.18. The third-order valence-corrected chi connectivity index (χ3v) is 1.59. The molecule has 0 unspecified atom stereocenters. The van der Waals surface area contributed by atoms with Gasteiger partial charge in [-0.25, -0.2) is 4.98 Å². The Balaban J connectivity index is 2.97. The molecule has 0 aliphatic heterocycles. The largest absolute Gasteiger partial charge is 0.506 e. The zero-order chi connectivity index (χ0) is 8.55. The first-order chi connectivity index (χ1) is 5.77. The summed E-state index contributed by atoms with van der Waals surface area (Å²) in [5.74, 6) is 0.0395. The van der Waals surface area contributed by atoms with Gasteiger partial charge in [-0.2, -0.15) is 0 Å². The van der Waals surface area contributed by atoms with Gasteiger partial charge in [0, 0.05) is 0 Å². The van der Waals surface area contributed by atoms with Crippen molar-refractivity contribution in [2.45, 2.75) is 0 Å². The van der Waals surface area contributed by atoms with E-state index in [2.05, 4.69) is 9.97 Å². The lowest BCUT2D eigenvalue weighted by atomic mass is 10.3. The van der Waals surface area contributed by atoms with Crippen molar-refractivity contribution in [3.05, 3.63) is 34.7 Å². The van der Waals surface area contributed by atoms with Crippen molar-refractivity contribution in [3.8, 4) is 5.75 Å². The molecule has 0 aliphatic carbocycles. The van der Waals surface area contributed by atoms with Crippen molar-refractivity contribution in [3.63, 3.8) is 0 Å². The minimum atomic E-state index is -0.316. The number of hydrogen-bond acceptors (Lipinski definition) is 3. The molecule has 0 spiro atoms. The van der Waals surface area contributed by atoms with Crippen LogP contribution in [0.3, 0.4) is 0 Å². The number of H-pyrrole nitrogens is 1. The second kappa shape index (κ2) is 2.34. The maximum atomic E-state index is 10.8. The molecule has 0 saturated carbocycles. The molecule has 0 saturated heterocycles. The Morgan fingerprint density at radius 3 is 3.08 bits per heavy atom. The van der Waals surface area contributed by atoms with Crippen LogP contribution in [0.4, 0.5) is 0 Å². The van der Waals surface area contributed by atoms with Gasteiger partial charge in [-0.3, -0.25) is 4.79 Å². The predicted octanol–water partition coefficient (Wildman–Crippen LogP) is 0.629. The van der Waals surface area contributed by atoms with Crippen LogP contribution in [0.25, 0.3) is 11.0 Å². The quantitative estimate of drug-likeness (QED) is 0.597. The van der Waals surface area contributed by atoms with Gasteiger partial charge in [0.1, 0.15) is 11.3 Å². The molecule has 4 heteroatoms. The molecule has 0 radical (unpaired) electrons. The van der Waals surface area contributed by atoms with E-state index in [0.717, 1.165) is 0 Å². The van der Waals surface area contributed by atoms with E-state index in [1.54, 1.807) is 12.1 Å². The molecule has 0 aliphatic rings. The van der Waals surface area contributed by atoms with E-state index in [4.69, 9.17) is 0 Å². The minimum Gasteiger partial charge on any atom is -0.506 e. The summed E-state index contributed by atoms with van der Waals surface area (Å²) in [5, 5.41) is 9.29. The first kappa shape index (κ1) is 6.84. The molecule has 2 N–H and O–H groups in total. The molecule has 4 nitrogen and oxygen atoms in total. The van der Waals surface area contributed by atoms with Gasteiger partial charge in [-0.1, -0.05) is 6.07 Å². The maximum Gasteiger partial charge on any atom is 0.266 e. The van der Waals surface area contributed by atoms with Crippen LogP contribution >= 0.6 is 0 Å². The van der Waals surface area contributed by atoms with E-state index in [1.165, 1.54) is 12.3 Å². The molecule has 0 amide bonds. The molecule has 0 fully saturated rings. The second-order valence-electron chi connectivity index (χ2n) is 2.42. The lowest BCUT2D eigenvalue weighted by Crippen LogP contribution is -2.04. The number of phenolic OH excluding ortho intramolecular Hbond substituents is 1. The summed E-state index contributed by atoms with van der Waals surface area (Å²) in [7, 11) is 0. The van der Waals surface area contributed by atoms with E-state index in [0.29, 0.717) is 11.0 Å². The Morgan fingerprint density at radius 1 is 1.42 bits per heavy atom. The number of nitrogens with zero attached hydrogens (tertiary/aromatic N) is 1. The standard InChI is InChI=1S/C8H6N2O2/c11-6-3-1-2-5-8(6)10-7(12)4-9-5/h1-4,11H,(H,10,12). The Labute approximate surface area is 67.5 Å². The highest BCUT2D eigenvalue weighted by atomic mass is 16.3. The number of nitrogens with one attached hydrogen (secondary N) is 1. The van der Waals surface area contributed by atoms with Crippen LogP contribution in [-0.2, 0) is 0 Å². The molecule has 60 valence electrons. The molecule has 2 aromatic rings. The lowest BCUT2D eigenvalue weighted by Gasteiger charge is -1.96. The number of aromatic hydroxyl groups is 1. The van der Waals surface area contributed by atoms with E-state index in [1.807, 2.05) is 0 Å². The first-order valence-electron chi connectivity index (χ1n) is 3.44. The number of hydrogen-bond donors (Lipinski definition) is 2. The number of benzene rings is 1. The number of aromatic nitrogens is 2. The molecule has 2 rings (SSSR count). The normalized spacial score (nSPS) is 10.3. The molecule has 0 atom stereocenters. The molecular weight excluding hydrogens is 156 g/mol. The van der Waals surface area contributed by atoms with Crippen LogP contribution < -0.4 is 5.56 Å². The van der Waals surface area contributed by atoms with E-state index >= 15 is 0 Å². The summed E-state index contributed by atoms with van der Waals surface area (Å²) >= 11 is 0. The van der Waals surface area contributed by atoms with Crippen LogP contribution in [-0.4, -0.2) is 15.1 Å². The minimum absolute atomic E-state index is 0.0395. The van der Waals surface area contributed by atoms with Crippen molar-refractivity contribution in [1.29, 1.82) is 0 Å². The lowest BCUT2D eigenvalue weighted by molar-refractivity contribution is 0.480. The molecule has 1 heterocycles. The SMILES string of the molecule is O=c1cnc2cccc(O)c2[nH]1. The second-order valence-corrected chi connectivity index (χ2v) is 2.42. The van der Waals surface area contributed by atoms with Crippen LogP contribution in [0.15, 0.2) is 29.2 Å². The number of fused-ring (bicyclic) bond motifs is 1. The van der Waals surface area contributed by atoms with Crippen molar-refractivity contribution in [2.24, 2.45) is 0 Å². The predicted molar refractivity (Wildman–Crippen MR) is 44.0 cm³/mol. The third-order valence-electron chi connectivity index (χ3n) is 1.59. The van der Waals surface area contributed by atoms with E-state index in [-0.39, 0.29) is 11.3 Å². The number of para-hydroxylation sites is 1. The summed E-state index contributed by atoms with van der Waals surface area (Å²) in [4.78, 5) is 17.1. The zero-order valence-corrected chi connectivity index (χ0v) is 6.11. The van der Waals surface area contributed by atoms with Gasteiger partial charge >= 0.3 is 0 Å². The Bertz CT molecular complexity index is 476. The summed E-state index contributed by atoms with van der Waals surface area (Å²) in [6.45, 7) is 0. The molecular formula is C8H6N2O2. The Hall–Kier alpha value is -1.84. The van der Waals surface area contributed by atoms with E-state index in [9.17, 15) is 9.90 Å². The van der Waals surface area contributed by atoms with Crippen molar-refractivity contribution >= 4 is 11.0 Å². The highest BCUT2D eigenvalue weighted by Gasteiger charge is 1.98. The number of aromatic amines is 1. The smallest absolute Gasteiger partial charge is 0.266 e. The van der Waals surface area contributed by atoms with E-state index < -0.39 is 0 Å². The van der Waals surface area contributed by atoms with Crippen molar-refractivity contribution in [1.82, 2.24) is 9.97 Å². The van der Waals surface area contributed by atoms with Crippen LogP contribution in [0.2, 0.25) is 0 Å². The summed E-state index contributed by atoms with van der Waals surface area (Å²) < 4.78 is 0. The van der Waals surface area contributed by atoms with Crippen LogP contribution in [0.5, 0.6) is 5.75 Å². The monoisotopic (exact) mass is 162 g/mol. The average Bonchev–Trinajstić information content (AvgIpc) is 2.07. The molecule has 0 bridgehead atoms. The fourth-order valence-electron chi connectivity index (χ4n) is 1.05. The molecule has 1 aromatic carbocycles. The first-order valence-corrected chi connectivity index (χ1v) is 3.44. The number of phenols is 1. The number of rotatable bonds is 0. The van der Waals surface area contributed by atoms with Gasteiger partial charge in [0.15, 0.2) is 0 Å². The average molecular weight is 162 g/mol. The van der Waals surface area contributed by atoms with Gasteiger partial charge in [0.2, 0.25) is 0 Å². The van der Waals surface area contributed by atoms with Crippen molar-refractivity contribution < 1.29 is 5.11 Å². The van der Waals surface area contributed by atoms with Gasteiger partial charge in [-0.05, 0) is 12.1 Å². The Morgan fingerprint density at radius 2 is 2.25 bits per heavy atom. The Kier molecular flexibility index (Phi) is 1.33. The molecule has 1 aromatic heterocycles. The fraction of sp³-hybridized carbons (Fsp3) is 0.